The molecule has 4 heteroatoms. The second-order valence-corrected chi connectivity index (χ2v) is 2.10. The molecule has 1 rings (SSSR count). The first-order valence-corrected chi connectivity index (χ1v) is 2.94. The summed E-state index contributed by atoms with van der Waals surface area (Å²) in [6.45, 7) is 1.56. The van der Waals surface area contributed by atoms with E-state index < -0.39 is 11.9 Å². The molecule has 0 aliphatic carbocycles. The van der Waals surface area contributed by atoms with Crippen molar-refractivity contribution in [3.05, 3.63) is 23.5 Å². The number of rotatable bonds is 1. The number of hydrogen-bond donors (Lipinski definition) is 1. The minimum atomic E-state index is -1.13. The molecule has 0 aromatic rings. The topological polar surface area (TPSA) is 63.6 Å². The van der Waals surface area contributed by atoms with E-state index in [0.29, 0.717) is 5.57 Å². The maximum absolute atomic E-state index is 10.6. The van der Waals surface area contributed by atoms with Crippen molar-refractivity contribution >= 4 is 11.9 Å². The molecule has 0 saturated carbocycles. The Balaban J connectivity index is 2.83. The van der Waals surface area contributed by atoms with Gasteiger partial charge in [0.1, 0.15) is 5.76 Å². The number of aliphatic carboxylic acids is 1. The molecule has 0 atom stereocenters. The molecular formula is C7H6O4. The standard InChI is InChI=1S/C7H6O4/c1-4-2-5(3-6(8)9)11-7(4)10/h2-3H,1H3,(H,8,9)/b5-3-. The summed E-state index contributed by atoms with van der Waals surface area (Å²) in [7, 11) is 0. The van der Waals surface area contributed by atoms with Crippen molar-refractivity contribution < 1.29 is 19.4 Å². The summed E-state index contributed by atoms with van der Waals surface area (Å²) in [5, 5.41) is 8.25. The van der Waals surface area contributed by atoms with E-state index in [-0.39, 0.29) is 5.76 Å². The Labute approximate surface area is 62.8 Å². The van der Waals surface area contributed by atoms with E-state index in [4.69, 9.17) is 5.11 Å². The third-order valence-corrected chi connectivity index (χ3v) is 1.16. The summed E-state index contributed by atoms with van der Waals surface area (Å²) in [5.74, 6) is -1.53. The molecule has 58 valence electrons. The van der Waals surface area contributed by atoms with Crippen molar-refractivity contribution in [3.8, 4) is 0 Å². The van der Waals surface area contributed by atoms with Gasteiger partial charge >= 0.3 is 11.9 Å². The van der Waals surface area contributed by atoms with Crippen LogP contribution in [0.2, 0.25) is 0 Å². The molecule has 1 aliphatic heterocycles. The highest BCUT2D eigenvalue weighted by molar-refractivity contribution is 5.93. The van der Waals surface area contributed by atoms with Gasteiger partial charge in [-0.15, -0.1) is 0 Å². The van der Waals surface area contributed by atoms with Crippen molar-refractivity contribution in [2.45, 2.75) is 6.92 Å². The molecule has 0 saturated heterocycles. The van der Waals surface area contributed by atoms with Gasteiger partial charge in [-0.25, -0.2) is 9.59 Å². The summed E-state index contributed by atoms with van der Waals surface area (Å²) >= 11 is 0. The summed E-state index contributed by atoms with van der Waals surface area (Å²) in [4.78, 5) is 20.7. The average Bonchev–Trinajstić information content (AvgIpc) is 2.10. The van der Waals surface area contributed by atoms with E-state index in [1.54, 1.807) is 6.92 Å². The van der Waals surface area contributed by atoms with Gasteiger partial charge in [-0.05, 0) is 13.0 Å². The lowest BCUT2D eigenvalue weighted by molar-refractivity contribution is -0.133. The summed E-state index contributed by atoms with van der Waals surface area (Å²) in [6.07, 6.45) is 2.23. The van der Waals surface area contributed by atoms with Crippen LogP contribution in [0.3, 0.4) is 0 Å². The van der Waals surface area contributed by atoms with Gasteiger partial charge in [-0.1, -0.05) is 0 Å². The summed E-state index contributed by atoms with van der Waals surface area (Å²) in [6, 6.07) is 0. The number of carboxylic acid groups (broad SMARTS) is 1. The first-order valence-electron chi connectivity index (χ1n) is 2.94. The van der Waals surface area contributed by atoms with Gasteiger partial charge in [0.2, 0.25) is 0 Å². The van der Waals surface area contributed by atoms with Gasteiger partial charge in [0.25, 0.3) is 0 Å². The van der Waals surface area contributed by atoms with Gasteiger partial charge in [0.05, 0.1) is 6.08 Å². The van der Waals surface area contributed by atoms with Crippen LogP contribution in [-0.2, 0) is 14.3 Å². The lowest BCUT2D eigenvalue weighted by Crippen LogP contribution is -1.96. The molecule has 0 unspecified atom stereocenters. The molecule has 0 radical (unpaired) electrons. The Hall–Kier alpha value is -1.58. The zero-order valence-corrected chi connectivity index (χ0v) is 5.83. The molecule has 0 bridgehead atoms. The van der Waals surface area contributed by atoms with Crippen LogP contribution in [0, 0.1) is 0 Å². The number of carbonyl (C=O) groups excluding carboxylic acids is 1. The average molecular weight is 154 g/mol. The van der Waals surface area contributed by atoms with Crippen LogP contribution in [-0.4, -0.2) is 17.0 Å². The van der Waals surface area contributed by atoms with E-state index in [1.807, 2.05) is 0 Å². The van der Waals surface area contributed by atoms with E-state index in [0.717, 1.165) is 6.08 Å². The fraction of sp³-hybridized carbons (Fsp3) is 0.143. The van der Waals surface area contributed by atoms with Crippen LogP contribution in [0.1, 0.15) is 6.92 Å². The molecular weight excluding hydrogens is 148 g/mol. The van der Waals surface area contributed by atoms with Crippen LogP contribution in [0.4, 0.5) is 0 Å². The van der Waals surface area contributed by atoms with Crippen molar-refractivity contribution in [2.24, 2.45) is 0 Å². The Morgan fingerprint density at radius 3 is 2.73 bits per heavy atom. The monoisotopic (exact) mass is 154 g/mol. The Kier molecular flexibility index (Phi) is 1.76. The smallest absolute Gasteiger partial charge is 0.339 e. The zero-order valence-electron chi connectivity index (χ0n) is 5.83. The van der Waals surface area contributed by atoms with E-state index in [1.165, 1.54) is 6.08 Å². The fourth-order valence-corrected chi connectivity index (χ4v) is 0.682. The van der Waals surface area contributed by atoms with Gasteiger partial charge in [0, 0.05) is 5.57 Å². The largest absolute Gasteiger partial charge is 0.478 e. The van der Waals surface area contributed by atoms with Gasteiger partial charge in [0.15, 0.2) is 0 Å². The van der Waals surface area contributed by atoms with Crippen molar-refractivity contribution in [2.75, 3.05) is 0 Å². The quantitative estimate of drug-likeness (QED) is 0.440. The zero-order chi connectivity index (χ0) is 8.43. The maximum atomic E-state index is 10.6. The molecule has 11 heavy (non-hydrogen) atoms. The first-order chi connectivity index (χ1) is 5.09. The van der Waals surface area contributed by atoms with Crippen molar-refractivity contribution in [1.82, 2.24) is 0 Å². The number of ether oxygens (including phenoxy) is 1. The van der Waals surface area contributed by atoms with Crippen LogP contribution < -0.4 is 0 Å². The molecule has 0 aromatic heterocycles. The van der Waals surface area contributed by atoms with E-state index in [2.05, 4.69) is 4.74 Å². The third-order valence-electron chi connectivity index (χ3n) is 1.16. The Morgan fingerprint density at radius 2 is 2.36 bits per heavy atom. The van der Waals surface area contributed by atoms with Crippen LogP contribution in [0.15, 0.2) is 23.5 Å². The predicted molar refractivity (Wildman–Crippen MR) is 35.6 cm³/mol. The van der Waals surface area contributed by atoms with Crippen molar-refractivity contribution in [1.29, 1.82) is 0 Å². The number of hydrogen-bond acceptors (Lipinski definition) is 3. The van der Waals surface area contributed by atoms with E-state index in [9.17, 15) is 9.59 Å². The molecule has 0 amide bonds. The summed E-state index contributed by atoms with van der Waals surface area (Å²) in [5.41, 5.74) is 0.414. The molecule has 0 spiro atoms. The molecule has 1 heterocycles. The lowest BCUT2D eigenvalue weighted by atomic mass is 10.3. The molecule has 0 fully saturated rings. The van der Waals surface area contributed by atoms with Crippen LogP contribution >= 0.6 is 0 Å². The molecule has 1 aliphatic rings. The highest BCUT2D eigenvalue weighted by atomic mass is 16.5. The Bertz CT molecular complexity index is 272. The highest BCUT2D eigenvalue weighted by Crippen LogP contribution is 2.15. The van der Waals surface area contributed by atoms with Gasteiger partial charge in [-0.2, -0.15) is 0 Å². The number of allylic oxidation sites excluding steroid dienone is 1. The van der Waals surface area contributed by atoms with Gasteiger partial charge in [-0.3, -0.25) is 0 Å². The highest BCUT2D eigenvalue weighted by Gasteiger charge is 2.17. The second kappa shape index (κ2) is 2.57. The lowest BCUT2D eigenvalue weighted by Gasteiger charge is -1.91. The molecule has 1 N–H and O–H groups in total. The van der Waals surface area contributed by atoms with Crippen molar-refractivity contribution in [3.63, 3.8) is 0 Å². The third kappa shape index (κ3) is 1.67. The Morgan fingerprint density at radius 1 is 1.73 bits per heavy atom. The maximum Gasteiger partial charge on any atom is 0.339 e. The number of cyclic esters (lactones) is 1. The minimum absolute atomic E-state index is 0.0833. The number of carboxylic acids is 1. The van der Waals surface area contributed by atoms with Crippen LogP contribution in [0.5, 0.6) is 0 Å². The van der Waals surface area contributed by atoms with Gasteiger partial charge < -0.3 is 9.84 Å². The first kappa shape index (κ1) is 7.53. The fourth-order valence-electron chi connectivity index (χ4n) is 0.682. The summed E-state index contributed by atoms with van der Waals surface area (Å²) < 4.78 is 4.53. The normalized spacial score (nSPS) is 19.9. The van der Waals surface area contributed by atoms with E-state index >= 15 is 0 Å². The SMILES string of the molecule is CC1=C/C(=C/C(=O)O)OC1=O. The number of carbonyl (C=O) groups is 2. The second-order valence-electron chi connectivity index (χ2n) is 2.10. The van der Waals surface area contributed by atoms with Crippen LogP contribution in [0.25, 0.3) is 0 Å². The minimum Gasteiger partial charge on any atom is -0.478 e. The predicted octanol–water partition coefficient (Wildman–Crippen LogP) is 0.458. The number of esters is 1. The molecule has 4 nitrogen and oxygen atoms in total. The molecule has 0 aromatic carbocycles.